The molecule has 2 aromatic rings. The zero-order chi connectivity index (χ0) is 19.6. The second kappa shape index (κ2) is 10.5. The van der Waals surface area contributed by atoms with E-state index in [1.807, 2.05) is 19.0 Å². The van der Waals surface area contributed by atoms with Crippen LogP contribution >= 0.6 is 0 Å². The van der Waals surface area contributed by atoms with E-state index < -0.39 is 0 Å². The first-order valence-electron chi connectivity index (χ1n) is 8.74. The van der Waals surface area contributed by atoms with Gasteiger partial charge in [0.1, 0.15) is 24.0 Å². The molecule has 0 saturated carbocycles. The van der Waals surface area contributed by atoms with Crippen LogP contribution in [-0.4, -0.2) is 56.2 Å². The van der Waals surface area contributed by atoms with Gasteiger partial charge in [-0.15, -0.1) is 0 Å². The van der Waals surface area contributed by atoms with Crippen molar-refractivity contribution in [2.24, 2.45) is 0 Å². The van der Waals surface area contributed by atoms with Gasteiger partial charge in [-0.05, 0) is 43.9 Å². The Kier molecular flexibility index (Phi) is 8.00. The Balaban J connectivity index is 1.85. The number of halogens is 2. The first-order chi connectivity index (χ1) is 12.9. The number of hydrogen-bond acceptors (Lipinski definition) is 3. The number of nitrogens with zero attached hydrogens (tertiary/aromatic N) is 2. The largest absolute Gasteiger partial charge is 0.492 e. The maximum atomic E-state index is 13.1. The van der Waals surface area contributed by atoms with Crippen molar-refractivity contribution in [3.63, 3.8) is 0 Å². The average molecular weight is 377 g/mol. The van der Waals surface area contributed by atoms with Crippen LogP contribution in [0.25, 0.3) is 0 Å². The Morgan fingerprint density at radius 2 is 1.78 bits per heavy atom. The van der Waals surface area contributed by atoms with Crippen molar-refractivity contribution in [1.82, 2.24) is 15.1 Å². The molecule has 0 fully saturated rings. The summed E-state index contributed by atoms with van der Waals surface area (Å²) in [6, 6.07) is 11.7. The minimum atomic E-state index is -0.370. The Hall–Kier alpha value is -2.67. The number of benzene rings is 2. The van der Waals surface area contributed by atoms with E-state index in [1.165, 1.54) is 24.3 Å². The molecule has 2 aromatic carbocycles. The highest BCUT2D eigenvalue weighted by Gasteiger charge is 2.14. The maximum absolute atomic E-state index is 13.1. The molecular weight excluding hydrogens is 352 g/mol. The second-order valence-electron chi connectivity index (χ2n) is 6.39. The number of carbonyl (C=O) groups excluding carboxylic acids is 1. The molecular formula is C20H25F2N3O2. The lowest BCUT2D eigenvalue weighted by Crippen LogP contribution is -2.43. The van der Waals surface area contributed by atoms with Gasteiger partial charge in [0, 0.05) is 25.7 Å². The van der Waals surface area contributed by atoms with Gasteiger partial charge in [0.25, 0.3) is 0 Å². The van der Waals surface area contributed by atoms with E-state index in [-0.39, 0.29) is 30.8 Å². The van der Waals surface area contributed by atoms with E-state index in [0.717, 1.165) is 5.56 Å². The first kappa shape index (κ1) is 20.6. The highest BCUT2D eigenvalue weighted by Crippen LogP contribution is 2.11. The number of likely N-dealkylation sites (N-methyl/N-ethyl adjacent to an activating group) is 1. The Morgan fingerprint density at radius 3 is 2.44 bits per heavy atom. The molecule has 0 aliphatic carbocycles. The minimum absolute atomic E-state index is 0.229. The molecule has 0 atom stereocenters. The standard InChI is InChI=1S/C20H25F2N3O2/c1-24(2)11-12-25(15-16-6-8-17(21)9-7-16)20(26)23-10-13-27-19-5-3-4-18(22)14-19/h3-9,14H,10-13,15H2,1-2H3,(H,23,26). The summed E-state index contributed by atoms with van der Waals surface area (Å²) in [6.45, 7) is 2.13. The van der Waals surface area contributed by atoms with Gasteiger partial charge in [0.05, 0.1) is 6.54 Å². The van der Waals surface area contributed by atoms with Crippen molar-refractivity contribution < 1.29 is 18.3 Å². The smallest absolute Gasteiger partial charge is 0.317 e. The molecule has 7 heteroatoms. The highest BCUT2D eigenvalue weighted by molar-refractivity contribution is 5.74. The molecule has 146 valence electrons. The van der Waals surface area contributed by atoms with Crippen molar-refractivity contribution in [2.75, 3.05) is 40.3 Å². The molecule has 0 saturated heterocycles. The molecule has 5 nitrogen and oxygen atoms in total. The topological polar surface area (TPSA) is 44.8 Å². The summed E-state index contributed by atoms with van der Waals surface area (Å²) in [5, 5.41) is 2.80. The number of urea groups is 1. The lowest BCUT2D eigenvalue weighted by Gasteiger charge is -2.25. The summed E-state index contributed by atoms with van der Waals surface area (Å²) in [5.74, 6) is -0.261. The fraction of sp³-hybridized carbons (Fsp3) is 0.350. The highest BCUT2D eigenvalue weighted by atomic mass is 19.1. The lowest BCUT2D eigenvalue weighted by atomic mass is 10.2. The SMILES string of the molecule is CN(C)CCN(Cc1ccc(F)cc1)C(=O)NCCOc1cccc(F)c1. The van der Waals surface area contributed by atoms with Crippen molar-refractivity contribution in [3.05, 3.63) is 65.7 Å². The summed E-state index contributed by atoms with van der Waals surface area (Å²) in [7, 11) is 3.86. The van der Waals surface area contributed by atoms with Gasteiger partial charge in [0.2, 0.25) is 0 Å². The van der Waals surface area contributed by atoms with E-state index >= 15 is 0 Å². The fourth-order valence-electron chi connectivity index (χ4n) is 2.38. The number of nitrogens with one attached hydrogen (secondary N) is 1. The normalized spacial score (nSPS) is 10.7. The summed E-state index contributed by atoms with van der Waals surface area (Å²) in [4.78, 5) is 16.1. The van der Waals surface area contributed by atoms with Crippen LogP contribution in [0, 0.1) is 11.6 Å². The van der Waals surface area contributed by atoms with Gasteiger partial charge < -0.3 is 19.9 Å². The summed E-state index contributed by atoms with van der Waals surface area (Å²) >= 11 is 0. The molecule has 0 aromatic heterocycles. The Labute approximate surface area is 158 Å². The molecule has 2 amide bonds. The van der Waals surface area contributed by atoms with Crippen LogP contribution in [-0.2, 0) is 6.54 Å². The summed E-state index contributed by atoms with van der Waals surface area (Å²) in [6.07, 6.45) is 0. The third-order valence-electron chi connectivity index (χ3n) is 3.83. The third-order valence-corrected chi connectivity index (χ3v) is 3.83. The zero-order valence-electron chi connectivity index (χ0n) is 15.6. The number of rotatable bonds is 9. The molecule has 0 heterocycles. The lowest BCUT2D eigenvalue weighted by molar-refractivity contribution is 0.186. The third kappa shape index (κ3) is 7.62. The number of carbonyl (C=O) groups is 1. The van der Waals surface area contributed by atoms with Gasteiger partial charge in [-0.1, -0.05) is 18.2 Å². The van der Waals surface area contributed by atoms with E-state index in [4.69, 9.17) is 4.74 Å². The first-order valence-corrected chi connectivity index (χ1v) is 8.74. The summed E-state index contributed by atoms with van der Waals surface area (Å²) < 4.78 is 31.6. The van der Waals surface area contributed by atoms with Crippen LogP contribution < -0.4 is 10.1 Å². The molecule has 2 rings (SSSR count). The molecule has 1 N–H and O–H groups in total. The maximum Gasteiger partial charge on any atom is 0.317 e. The monoisotopic (exact) mass is 377 g/mol. The predicted molar refractivity (Wildman–Crippen MR) is 101 cm³/mol. The van der Waals surface area contributed by atoms with Gasteiger partial charge >= 0.3 is 6.03 Å². The quantitative estimate of drug-likeness (QED) is 0.683. The number of amides is 2. The zero-order valence-corrected chi connectivity index (χ0v) is 15.6. The minimum Gasteiger partial charge on any atom is -0.492 e. The molecule has 27 heavy (non-hydrogen) atoms. The van der Waals surface area contributed by atoms with Gasteiger partial charge in [-0.3, -0.25) is 0 Å². The van der Waals surface area contributed by atoms with Gasteiger partial charge in [-0.2, -0.15) is 0 Å². The van der Waals surface area contributed by atoms with Gasteiger partial charge in [-0.25, -0.2) is 13.6 Å². The molecule has 0 radical (unpaired) electrons. The van der Waals surface area contributed by atoms with E-state index in [0.29, 0.717) is 25.4 Å². The Bertz CT molecular complexity index is 723. The fourth-order valence-corrected chi connectivity index (χ4v) is 2.38. The van der Waals surface area contributed by atoms with E-state index in [2.05, 4.69) is 5.32 Å². The van der Waals surface area contributed by atoms with Crippen molar-refractivity contribution in [3.8, 4) is 5.75 Å². The molecule has 0 bridgehead atoms. The van der Waals surface area contributed by atoms with Crippen molar-refractivity contribution >= 4 is 6.03 Å². The van der Waals surface area contributed by atoms with Gasteiger partial charge in [0.15, 0.2) is 0 Å². The predicted octanol–water partition coefficient (Wildman–Crippen LogP) is 3.12. The molecule has 0 aliphatic heterocycles. The van der Waals surface area contributed by atoms with Crippen LogP contribution in [0.1, 0.15) is 5.56 Å². The molecule has 0 spiro atoms. The van der Waals surface area contributed by atoms with E-state index in [9.17, 15) is 13.6 Å². The van der Waals surface area contributed by atoms with Crippen LogP contribution in [0.3, 0.4) is 0 Å². The van der Waals surface area contributed by atoms with Crippen LogP contribution in [0.4, 0.5) is 13.6 Å². The number of hydrogen-bond donors (Lipinski definition) is 1. The van der Waals surface area contributed by atoms with E-state index in [1.54, 1.807) is 29.2 Å². The van der Waals surface area contributed by atoms with Crippen molar-refractivity contribution in [1.29, 1.82) is 0 Å². The van der Waals surface area contributed by atoms with Crippen LogP contribution in [0.15, 0.2) is 48.5 Å². The van der Waals surface area contributed by atoms with Crippen LogP contribution in [0.2, 0.25) is 0 Å². The Morgan fingerprint density at radius 1 is 1.04 bits per heavy atom. The average Bonchev–Trinajstić information content (AvgIpc) is 2.63. The molecule has 0 unspecified atom stereocenters. The molecule has 0 aliphatic rings. The van der Waals surface area contributed by atoms with Crippen LogP contribution in [0.5, 0.6) is 5.75 Å². The number of ether oxygens (including phenoxy) is 1. The van der Waals surface area contributed by atoms with Crippen molar-refractivity contribution in [2.45, 2.75) is 6.54 Å². The summed E-state index contributed by atoms with van der Waals surface area (Å²) in [5.41, 5.74) is 0.848. The second-order valence-corrected chi connectivity index (χ2v) is 6.39.